The number of nitrogens with zero attached hydrogens (tertiary/aromatic N) is 3. The molecule has 0 bridgehead atoms. The Morgan fingerprint density at radius 2 is 1.96 bits per heavy atom. The van der Waals surface area contributed by atoms with Crippen LogP contribution in [-0.2, 0) is 4.79 Å². The van der Waals surface area contributed by atoms with E-state index in [1.54, 1.807) is 6.08 Å². The van der Waals surface area contributed by atoms with Crippen molar-refractivity contribution in [2.24, 2.45) is 0 Å². The quantitative estimate of drug-likeness (QED) is 0.734. The predicted octanol–water partition coefficient (Wildman–Crippen LogP) is 3.91. The van der Waals surface area contributed by atoms with Crippen LogP contribution < -0.4 is 5.32 Å². The molecule has 0 saturated carbocycles. The second kappa shape index (κ2) is 6.80. The molecule has 0 aliphatic heterocycles. The first-order valence-corrected chi connectivity index (χ1v) is 8.45. The number of para-hydroxylation sites is 1. The number of aromatic nitrogens is 3. The number of hydrogen-bond acceptors (Lipinski definition) is 4. The van der Waals surface area contributed by atoms with Gasteiger partial charge in [-0.3, -0.25) is 10.1 Å². The van der Waals surface area contributed by atoms with Gasteiger partial charge in [-0.1, -0.05) is 18.2 Å². The van der Waals surface area contributed by atoms with E-state index in [1.807, 2.05) is 61.2 Å². The fourth-order valence-electron chi connectivity index (χ4n) is 2.43. The van der Waals surface area contributed by atoms with Crippen LogP contribution in [0.3, 0.4) is 0 Å². The summed E-state index contributed by atoms with van der Waals surface area (Å²) in [6.07, 6.45) is 3.32. The molecule has 5 nitrogen and oxygen atoms in total. The van der Waals surface area contributed by atoms with E-state index >= 15 is 0 Å². The lowest BCUT2D eigenvalue weighted by Gasteiger charge is -2.03. The van der Waals surface area contributed by atoms with E-state index in [2.05, 4.69) is 15.4 Å². The van der Waals surface area contributed by atoms with Crippen molar-refractivity contribution in [1.29, 1.82) is 0 Å². The number of hydrogen-bond donors (Lipinski definition) is 1. The molecule has 2 heterocycles. The normalized spacial score (nSPS) is 11.1. The highest BCUT2D eigenvalue weighted by Crippen LogP contribution is 2.19. The molecular weight excluding hydrogens is 320 g/mol. The van der Waals surface area contributed by atoms with Gasteiger partial charge in [0.15, 0.2) is 5.13 Å². The molecule has 6 heteroatoms. The number of aryl methyl sites for hydroxylation is 2. The first kappa shape index (κ1) is 16.1. The van der Waals surface area contributed by atoms with Gasteiger partial charge in [0.25, 0.3) is 0 Å². The minimum absolute atomic E-state index is 0.199. The summed E-state index contributed by atoms with van der Waals surface area (Å²) in [7, 11) is 0. The van der Waals surface area contributed by atoms with Gasteiger partial charge < -0.3 is 0 Å². The molecule has 1 aromatic carbocycles. The summed E-state index contributed by atoms with van der Waals surface area (Å²) in [6.45, 7) is 5.83. The summed E-state index contributed by atoms with van der Waals surface area (Å²) < 4.78 is 1.89. The summed E-state index contributed by atoms with van der Waals surface area (Å²) in [4.78, 5) is 16.3. The number of anilines is 1. The average Bonchev–Trinajstić information content (AvgIpc) is 3.10. The van der Waals surface area contributed by atoms with E-state index in [0.717, 1.165) is 28.3 Å². The zero-order valence-electron chi connectivity index (χ0n) is 13.8. The molecule has 24 heavy (non-hydrogen) atoms. The molecule has 0 aliphatic rings. The largest absolute Gasteiger partial charge is 0.298 e. The summed E-state index contributed by atoms with van der Waals surface area (Å²) in [5.41, 5.74) is 4.72. The molecule has 1 N–H and O–H groups in total. The van der Waals surface area contributed by atoms with Crippen molar-refractivity contribution in [2.45, 2.75) is 20.8 Å². The molecule has 0 radical (unpaired) electrons. The Kier molecular flexibility index (Phi) is 4.57. The zero-order chi connectivity index (χ0) is 17.1. The standard InChI is InChI=1S/C18H18N4OS/c1-12-11-24-18(19-12)20-17(23)10-9-16-13(2)21-22(14(16)3)15-7-5-4-6-8-15/h4-11H,1-3H3,(H,19,20,23)/b10-9+. The maximum atomic E-state index is 12.0. The van der Waals surface area contributed by atoms with Crippen LogP contribution in [0, 0.1) is 20.8 Å². The topological polar surface area (TPSA) is 59.8 Å². The third-order valence-electron chi connectivity index (χ3n) is 3.60. The van der Waals surface area contributed by atoms with Crippen molar-refractivity contribution < 1.29 is 4.79 Å². The first-order valence-electron chi connectivity index (χ1n) is 7.57. The van der Waals surface area contributed by atoms with Crippen LogP contribution in [0.25, 0.3) is 11.8 Å². The van der Waals surface area contributed by atoms with E-state index in [0.29, 0.717) is 5.13 Å². The number of amides is 1. The van der Waals surface area contributed by atoms with E-state index in [9.17, 15) is 4.79 Å². The molecule has 0 atom stereocenters. The molecule has 0 fully saturated rings. The van der Waals surface area contributed by atoms with E-state index in [4.69, 9.17) is 0 Å². The summed E-state index contributed by atoms with van der Waals surface area (Å²) in [5.74, 6) is -0.199. The lowest BCUT2D eigenvalue weighted by molar-refractivity contribution is -0.111. The summed E-state index contributed by atoms with van der Waals surface area (Å²) in [6, 6.07) is 9.94. The lowest BCUT2D eigenvalue weighted by atomic mass is 10.2. The third-order valence-corrected chi connectivity index (χ3v) is 4.47. The van der Waals surface area contributed by atoms with Crippen molar-refractivity contribution in [1.82, 2.24) is 14.8 Å². The molecule has 122 valence electrons. The maximum absolute atomic E-state index is 12.0. The van der Waals surface area contributed by atoms with Gasteiger partial charge in [-0.25, -0.2) is 9.67 Å². The summed E-state index contributed by atoms with van der Waals surface area (Å²) in [5, 5.41) is 9.84. The van der Waals surface area contributed by atoms with E-state index in [-0.39, 0.29) is 5.91 Å². The Morgan fingerprint density at radius 3 is 2.62 bits per heavy atom. The van der Waals surface area contributed by atoms with Crippen LogP contribution in [0.2, 0.25) is 0 Å². The van der Waals surface area contributed by atoms with E-state index in [1.165, 1.54) is 17.4 Å². The van der Waals surface area contributed by atoms with Crippen molar-refractivity contribution in [3.8, 4) is 5.69 Å². The number of benzene rings is 1. The van der Waals surface area contributed by atoms with Gasteiger partial charge in [-0.05, 0) is 39.0 Å². The number of rotatable bonds is 4. The molecule has 0 spiro atoms. The molecular formula is C18H18N4OS. The van der Waals surface area contributed by atoms with Crippen LogP contribution in [-0.4, -0.2) is 20.7 Å². The van der Waals surface area contributed by atoms with Gasteiger partial charge in [-0.15, -0.1) is 11.3 Å². The Hall–Kier alpha value is -2.73. The molecule has 0 unspecified atom stereocenters. The summed E-state index contributed by atoms with van der Waals surface area (Å²) >= 11 is 1.41. The monoisotopic (exact) mass is 338 g/mol. The van der Waals surface area contributed by atoms with Crippen LogP contribution in [0.5, 0.6) is 0 Å². The molecule has 1 amide bonds. The number of carbonyl (C=O) groups excluding carboxylic acids is 1. The van der Waals surface area contributed by atoms with Crippen LogP contribution in [0.4, 0.5) is 5.13 Å². The lowest BCUT2D eigenvalue weighted by Crippen LogP contribution is -2.07. The highest BCUT2D eigenvalue weighted by atomic mass is 32.1. The van der Waals surface area contributed by atoms with Crippen LogP contribution >= 0.6 is 11.3 Å². The molecule has 2 aromatic heterocycles. The molecule has 0 saturated heterocycles. The van der Waals surface area contributed by atoms with E-state index < -0.39 is 0 Å². The second-order valence-electron chi connectivity index (χ2n) is 5.45. The van der Waals surface area contributed by atoms with Crippen molar-refractivity contribution in [3.05, 3.63) is 64.4 Å². The number of thiazole rings is 1. The van der Waals surface area contributed by atoms with Crippen molar-refractivity contribution in [2.75, 3.05) is 5.32 Å². The Labute approximate surface area is 144 Å². The minimum Gasteiger partial charge on any atom is -0.298 e. The highest BCUT2D eigenvalue weighted by molar-refractivity contribution is 7.13. The Bertz CT molecular complexity index is 893. The van der Waals surface area contributed by atoms with Crippen molar-refractivity contribution in [3.63, 3.8) is 0 Å². The maximum Gasteiger partial charge on any atom is 0.250 e. The average molecular weight is 338 g/mol. The van der Waals surface area contributed by atoms with Gasteiger partial charge in [0.2, 0.25) is 5.91 Å². The van der Waals surface area contributed by atoms with Gasteiger partial charge in [0.1, 0.15) is 0 Å². The smallest absolute Gasteiger partial charge is 0.250 e. The number of nitrogens with one attached hydrogen (secondary N) is 1. The second-order valence-corrected chi connectivity index (χ2v) is 6.31. The highest BCUT2D eigenvalue weighted by Gasteiger charge is 2.11. The predicted molar refractivity (Wildman–Crippen MR) is 97.6 cm³/mol. The molecule has 3 aromatic rings. The van der Waals surface area contributed by atoms with Crippen LogP contribution in [0.1, 0.15) is 22.6 Å². The SMILES string of the molecule is Cc1csc(NC(=O)/C=C/c2c(C)nn(-c3ccccc3)c2C)n1. The van der Waals surface area contributed by atoms with Gasteiger partial charge in [0.05, 0.1) is 17.1 Å². The fourth-order valence-corrected chi connectivity index (χ4v) is 3.13. The molecule has 3 rings (SSSR count). The number of carbonyl (C=O) groups is 1. The zero-order valence-corrected chi connectivity index (χ0v) is 14.6. The Balaban J connectivity index is 1.80. The molecule has 0 aliphatic carbocycles. The Morgan fingerprint density at radius 1 is 1.21 bits per heavy atom. The van der Waals surface area contributed by atoms with Crippen LogP contribution in [0.15, 0.2) is 41.8 Å². The van der Waals surface area contributed by atoms with Gasteiger partial charge in [0, 0.05) is 22.7 Å². The minimum atomic E-state index is -0.199. The van der Waals surface area contributed by atoms with Gasteiger partial charge in [-0.2, -0.15) is 5.10 Å². The van der Waals surface area contributed by atoms with Gasteiger partial charge >= 0.3 is 0 Å². The first-order chi connectivity index (χ1) is 11.5. The third kappa shape index (κ3) is 3.44. The fraction of sp³-hybridized carbons (Fsp3) is 0.167. The van der Waals surface area contributed by atoms with Crippen molar-refractivity contribution >= 4 is 28.5 Å².